The van der Waals surface area contributed by atoms with E-state index in [2.05, 4.69) is 21.8 Å². The predicted molar refractivity (Wildman–Crippen MR) is 137 cm³/mol. The number of piperidine rings is 1. The Balaban J connectivity index is 1.34. The van der Waals surface area contributed by atoms with E-state index in [0.29, 0.717) is 19.3 Å². The van der Waals surface area contributed by atoms with Crippen LogP contribution in [0.2, 0.25) is 0 Å². The highest BCUT2D eigenvalue weighted by Crippen LogP contribution is 2.38. The molecule has 0 bridgehead atoms. The van der Waals surface area contributed by atoms with Crippen molar-refractivity contribution in [2.75, 3.05) is 32.5 Å². The molecule has 180 valence electrons. The number of likely N-dealkylation sites (tertiary alicyclic amines) is 1. The van der Waals surface area contributed by atoms with Gasteiger partial charge in [-0.25, -0.2) is 4.98 Å². The maximum atomic E-state index is 12.3. The number of pyridine rings is 2. The molecule has 1 N–H and O–H groups in total. The van der Waals surface area contributed by atoms with Crippen LogP contribution < -0.4 is 4.74 Å². The van der Waals surface area contributed by atoms with E-state index in [-0.39, 0.29) is 0 Å². The lowest BCUT2D eigenvalue weighted by atomic mass is 9.74. The third kappa shape index (κ3) is 5.70. The zero-order valence-electron chi connectivity index (χ0n) is 20.0. The van der Waals surface area contributed by atoms with Crippen LogP contribution in [0.15, 0.2) is 53.8 Å². The molecule has 4 rings (SSSR count). The van der Waals surface area contributed by atoms with Crippen LogP contribution in [-0.4, -0.2) is 58.4 Å². The fraction of sp³-hybridized carbons (Fsp3) is 0.444. The van der Waals surface area contributed by atoms with Crippen molar-refractivity contribution in [3.8, 4) is 5.75 Å². The Morgan fingerprint density at radius 3 is 2.74 bits per heavy atom. The highest BCUT2D eigenvalue weighted by molar-refractivity contribution is 7.99. The number of carbonyl (C=O) groups is 1. The molecule has 0 unspecified atom stereocenters. The largest absolute Gasteiger partial charge is 0.497 e. The van der Waals surface area contributed by atoms with Gasteiger partial charge in [0.1, 0.15) is 5.75 Å². The van der Waals surface area contributed by atoms with Crippen molar-refractivity contribution < 1.29 is 14.6 Å². The Kier molecular flexibility index (Phi) is 8.06. The van der Waals surface area contributed by atoms with Gasteiger partial charge in [0.2, 0.25) is 0 Å². The van der Waals surface area contributed by atoms with Crippen molar-refractivity contribution in [3.05, 3.63) is 59.9 Å². The number of aromatic nitrogens is 2. The van der Waals surface area contributed by atoms with E-state index < -0.39 is 11.4 Å². The monoisotopic (exact) mass is 479 g/mol. The van der Waals surface area contributed by atoms with Gasteiger partial charge in [-0.15, -0.1) is 11.8 Å². The number of rotatable bonds is 10. The molecule has 0 spiro atoms. The van der Waals surface area contributed by atoms with Crippen LogP contribution in [0.1, 0.15) is 36.8 Å². The van der Waals surface area contributed by atoms with Crippen LogP contribution in [0, 0.1) is 12.3 Å². The number of hydrogen-bond donors (Lipinski definition) is 1. The molecule has 1 aliphatic heterocycles. The van der Waals surface area contributed by atoms with Crippen molar-refractivity contribution in [1.82, 2.24) is 14.9 Å². The van der Waals surface area contributed by atoms with Gasteiger partial charge in [-0.05, 0) is 93.6 Å². The number of carboxylic acid groups (broad SMARTS) is 1. The number of thioether (sulfide) groups is 1. The van der Waals surface area contributed by atoms with Gasteiger partial charge in [0.25, 0.3) is 0 Å². The van der Waals surface area contributed by atoms with Gasteiger partial charge in [-0.3, -0.25) is 9.78 Å². The quantitative estimate of drug-likeness (QED) is 0.399. The fourth-order valence-electron chi connectivity index (χ4n) is 4.88. The topological polar surface area (TPSA) is 75.6 Å². The third-order valence-electron chi connectivity index (χ3n) is 7.05. The van der Waals surface area contributed by atoms with Gasteiger partial charge in [0.15, 0.2) is 0 Å². The fourth-order valence-corrected chi connectivity index (χ4v) is 5.74. The zero-order valence-corrected chi connectivity index (χ0v) is 20.8. The number of aryl methyl sites for hydroxylation is 2. The summed E-state index contributed by atoms with van der Waals surface area (Å²) in [6.45, 7) is 4.71. The Hall–Kier alpha value is -2.64. The number of carboxylic acids is 1. The number of aliphatic carboxylic acids is 1. The predicted octanol–water partition coefficient (Wildman–Crippen LogP) is 5.23. The molecule has 0 saturated carbocycles. The normalized spacial score (nSPS) is 15.9. The SMILES string of the molecule is COc1ccc2ncc(C)c(CCCC3(C(=O)O)CCN(CCSc4ccccn4)CC3)c2c1. The third-order valence-corrected chi connectivity index (χ3v) is 7.97. The van der Waals surface area contributed by atoms with E-state index >= 15 is 0 Å². The van der Waals surface area contributed by atoms with Gasteiger partial charge in [0, 0.05) is 30.1 Å². The van der Waals surface area contributed by atoms with Gasteiger partial charge >= 0.3 is 5.97 Å². The lowest BCUT2D eigenvalue weighted by Crippen LogP contribution is -2.45. The Bertz CT molecular complexity index is 1110. The maximum absolute atomic E-state index is 12.3. The summed E-state index contributed by atoms with van der Waals surface area (Å²) in [7, 11) is 1.67. The minimum atomic E-state index is -0.645. The molecule has 34 heavy (non-hydrogen) atoms. The minimum absolute atomic E-state index is 0.626. The molecule has 3 aromatic rings. The van der Waals surface area contributed by atoms with E-state index in [1.165, 1.54) is 5.56 Å². The first-order valence-electron chi connectivity index (χ1n) is 11.9. The van der Waals surface area contributed by atoms with Crippen LogP contribution in [0.25, 0.3) is 10.9 Å². The molecule has 1 fully saturated rings. The average Bonchev–Trinajstić information content (AvgIpc) is 2.86. The lowest BCUT2D eigenvalue weighted by Gasteiger charge is -2.39. The van der Waals surface area contributed by atoms with Gasteiger partial charge < -0.3 is 14.7 Å². The highest BCUT2D eigenvalue weighted by Gasteiger charge is 2.40. The first-order valence-corrected chi connectivity index (χ1v) is 12.9. The van der Waals surface area contributed by atoms with Gasteiger partial charge in [-0.2, -0.15) is 0 Å². The summed E-state index contributed by atoms with van der Waals surface area (Å²) in [5.74, 6) is 1.14. The molecular weight excluding hydrogens is 446 g/mol. The Labute approximate surface area is 205 Å². The molecule has 2 aromatic heterocycles. The van der Waals surface area contributed by atoms with E-state index in [4.69, 9.17) is 4.74 Å². The summed E-state index contributed by atoms with van der Waals surface area (Å²) >= 11 is 1.75. The molecule has 0 aliphatic carbocycles. The lowest BCUT2D eigenvalue weighted by molar-refractivity contribution is -0.152. The number of ether oxygens (including phenoxy) is 1. The Morgan fingerprint density at radius 1 is 1.21 bits per heavy atom. The van der Waals surface area contributed by atoms with Gasteiger partial charge in [-0.1, -0.05) is 6.07 Å². The maximum Gasteiger partial charge on any atom is 0.309 e. The summed E-state index contributed by atoms with van der Waals surface area (Å²) in [5, 5.41) is 12.3. The van der Waals surface area contributed by atoms with Crippen molar-refractivity contribution in [2.45, 2.75) is 44.1 Å². The smallest absolute Gasteiger partial charge is 0.309 e. The van der Waals surface area contributed by atoms with E-state index in [9.17, 15) is 9.90 Å². The average molecular weight is 480 g/mol. The second kappa shape index (κ2) is 11.2. The first-order chi connectivity index (χ1) is 16.5. The number of methoxy groups -OCH3 is 1. The molecule has 1 aliphatic rings. The summed E-state index contributed by atoms with van der Waals surface area (Å²) in [6.07, 6.45) is 7.54. The number of nitrogens with zero attached hydrogens (tertiary/aromatic N) is 3. The van der Waals surface area contributed by atoms with Crippen LogP contribution in [0.5, 0.6) is 5.75 Å². The molecule has 0 amide bonds. The molecule has 6 nitrogen and oxygen atoms in total. The number of fused-ring (bicyclic) bond motifs is 1. The van der Waals surface area contributed by atoms with Crippen molar-refractivity contribution in [1.29, 1.82) is 0 Å². The van der Waals surface area contributed by atoms with Crippen molar-refractivity contribution in [2.24, 2.45) is 5.41 Å². The Morgan fingerprint density at radius 2 is 2.03 bits per heavy atom. The van der Waals surface area contributed by atoms with Crippen LogP contribution >= 0.6 is 11.8 Å². The van der Waals surface area contributed by atoms with E-state index in [1.54, 1.807) is 18.9 Å². The molecule has 3 heterocycles. The first kappa shape index (κ1) is 24.5. The zero-order chi connectivity index (χ0) is 24.0. The molecule has 1 saturated heterocycles. The van der Waals surface area contributed by atoms with Gasteiger partial charge in [0.05, 0.1) is 23.1 Å². The molecule has 7 heteroatoms. The van der Waals surface area contributed by atoms with Crippen molar-refractivity contribution >= 4 is 28.6 Å². The van der Waals surface area contributed by atoms with Crippen LogP contribution in [-0.2, 0) is 11.2 Å². The highest BCUT2D eigenvalue weighted by atomic mass is 32.2. The summed E-state index contributed by atoms with van der Waals surface area (Å²) in [5.41, 5.74) is 2.71. The molecule has 1 aromatic carbocycles. The summed E-state index contributed by atoms with van der Waals surface area (Å²) < 4.78 is 5.41. The standard InChI is InChI=1S/C27H33N3O3S/c1-20-19-29-24-9-8-21(33-2)18-23(24)22(20)6-5-10-27(26(31)32)11-14-30(15-12-27)16-17-34-25-7-3-4-13-28-25/h3-4,7-9,13,18-19H,5-6,10-12,14-17H2,1-2H3,(H,31,32). The number of hydrogen-bond acceptors (Lipinski definition) is 6. The molecule has 0 radical (unpaired) electrons. The second-order valence-electron chi connectivity index (χ2n) is 9.10. The van der Waals surface area contributed by atoms with Crippen LogP contribution in [0.3, 0.4) is 0 Å². The number of benzene rings is 1. The second-order valence-corrected chi connectivity index (χ2v) is 10.2. The molecule has 0 atom stereocenters. The summed E-state index contributed by atoms with van der Waals surface area (Å²) in [4.78, 5) is 23.6. The van der Waals surface area contributed by atoms with E-state index in [0.717, 1.165) is 65.5 Å². The minimum Gasteiger partial charge on any atom is -0.497 e. The summed E-state index contributed by atoms with van der Waals surface area (Å²) in [6, 6.07) is 11.9. The van der Waals surface area contributed by atoms with E-state index in [1.807, 2.05) is 48.8 Å². The van der Waals surface area contributed by atoms with Crippen LogP contribution in [0.4, 0.5) is 0 Å². The van der Waals surface area contributed by atoms with Crippen molar-refractivity contribution in [3.63, 3.8) is 0 Å². The molecular formula is C27H33N3O3S.